The van der Waals surface area contributed by atoms with Crippen LogP contribution in [0.1, 0.15) is 54.3 Å². The minimum absolute atomic E-state index is 0.133. The number of carbonyl (C=O) groups is 1. The molecule has 1 fully saturated rings. The van der Waals surface area contributed by atoms with E-state index in [1.165, 1.54) is 6.39 Å². The average Bonchev–Trinajstić information content (AvgIpc) is 3.24. The molecule has 8 heteroatoms. The van der Waals surface area contributed by atoms with Crippen molar-refractivity contribution in [2.24, 2.45) is 0 Å². The minimum Gasteiger partial charge on any atom is -0.360 e. The van der Waals surface area contributed by atoms with Gasteiger partial charge in [-0.2, -0.15) is 16.7 Å². The minimum atomic E-state index is -0.148. The van der Waals surface area contributed by atoms with Crippen molar-refractivity contribution in [3.05, 3.63) is 29.7 Å². The van der Waals surface area contributed by atoms with Crippen LogP contribution in [0.5, 0.6) is 0 Å². The fourth-order valence-corrected chi connectivity index (χ4v) is 3.14. The third-order valence-electron chi connectivity index (χ3n) is 3.67. The molecular weight excluding hydrogens is 304 g/mol. The van der Waals surface area contributed by atoms with E-state index >= 15 is 0 Å². The molecule has 118 valence electrons. The molecule has 0 bridgehead atoms. The van der Waals surface area contributed by atoms with E-state index in [-0.39, 0.29) is 11.9 Å². The van der Waals surface area contributed by atoms with Gasteiger partial charge >= 0.3 is 0 Å². The third kappa shape index (κ3) is 3.16. The van der Waals surface area contributed by atoms with Crippen LogP contribution in [0.4, 0.5) is 0 Å². The van der Waals surface area contributed by atoms with Crippen molar-refractivity contribution in [1.82, 2.24) is 20.2 Å². The Kier molecular flexibility index (Phi) is 4.77. The van der Waals surface area contributed by atoms with Crippen molar-refractivity contribution in [2.75, 3.05) is 12.3 Å². The lowest BCUT2D eigenvalue weighted by atomic mass is 10.0. The number of amides is 1. The Morgan fingerprint density at radius 2 is 2.36 bits per heavy atom. The summed E-state index contributed by atoms with van der Waals surface area (Å²) in [5.41, 5.74) is 0.349. The van der Waals surface area contributed by atoms with E-state index < -0.39 is 0 Å². The summed E-state index contributed by atoms with van der Waals surface area (Å²) in [6.07, 6.45) is 4.14. The Morgan fingerprint density at radius 3 is 3.14 bits per heavy atom. The molecule has 7 nitrogen and oxygen atoms in total. The number of likely N-dealkylation sites (tertiary alicyclic amines) is 1. The Bertz CT molecular complexity index is 613. The van der Waals surface area contributed by atoms with Crippen LogP contribution in [0.15, 0.2) is 21.5 Å². The Hall–Kier alpha value is -1.83. The van der Waals surface area contributed by atoms with E-state index in [0.29, 0.717) is 18.1 Å². The van der Waals surface area contributed by atoms with E-state index in [0.717, 1.165) is 36.5 Å². The van der Waals surface area contributed by atoms with Gasteiger partial charge in [-0.05, 0) is 25.0 Å². The normalized spacial score (nSPS) is 18.6. The Balaban J connectivity index is 1.75. The number of rotatable bonds is 5. The van der Waals surface area contributed by atoms with Gasteiger partial charge in [-0.3, -0.25) is 4.79 Å². The standard InChI is InChI=1S/C14H18N4O3S/c1-2-22-8-10-7-11(16-21-10)14(19)18-6-4-3-5-12(18)13-15-9-20-17-13/h7,9,12H,2-6,8H2,1H3/t12-/m0/s1. The number of aromatic nitrogens is 3. The molecular formula is C14H18N4O3S. The van der Waals surface area contributed by atoms with Crippen LogP contribution in [0.2, 0.25) is 0 Å². The van der Waals surface area contributed by atoms with Crippen LogP contribution < -0.4 is 0 Å². The number of nitrogens with zero attached hydrogens (tertiary/aromatic N) is 4. The summed E-state index contributed by atoms with van der Waals surface area (Å²) in [6, 6.07) is 1.58. The monoisotopic (exact) mass is 322 g/mol. The van der Waals surface area contributed by atoms with E-state index in [9.17, 15) is 4.79 Å². The van der Waals surface area contributed by atoms with Crippen LogP contribution >= 0.6 is 11.8 Å². The van der Waals surface area contributed by atoms with Gasteiger partial charge in [0.05, 0.1) is 11.8 Å². The molecule has 1 amide bonds. The summed E-state index contributed by atoms with van der Waals surface area (Å²) in [6.45, 7) is 2.75. The highest BCUT2D eigenvalue weighted by Crippen LogP contribution is 2.30. The van der Waals surface area contributed by atoms with E-state index in [4.69, 9.17) is 9.05 Å². The third-order valence-corrected chi connectivity index (χ3v) is 4.56. The zero-order valence-electron chi connectivity index (χ0n) is 12.4. The lowest BCUT2D eigenvalue weighted by Gasteiger charge is -2.33. The quantitative estimate of drug-likeness (QED) is 0.836. The topological polar surface area (TPSA) is 85.3 Å². The number of thioether (sulfide) groups is 1. The fourth-order valence-electron chi connectivity index (χ4n) is 2.60. The fraction of sp³-hybridized carbons (Fsp3) is 0.571. The summed E-state index contributed by atoms with van der Waals surface area (Å²) < 4.78 is 10.1. The maximum atomic E-state index is 12.7. The molecule has 1 aliphatic rings. The largest absolute Gasteiger partial charge is 0.360 e. The molecule has 0 unspecified atom stereocenters. The maximum Gasteiger partial charge on any atom is 0.276 e. The molecule has 0 N–H and O–H groups in total. The first-order chi connectivity index (χ1) is 10.8. The molecule has 0 aromatic carbocycles. The van der Waals surface area contributed by atoms with Crippen molar-refractivity contribution in [2.45, 2.75) is 38.0 Å². The molecule has 2 aromatic heterocycles. The molecule has 0 saturated carbocycles. The van der Waals surface area contributed by atoms with Crippen molar-refractivity contribution in [3.63, 3.8) is 0 Å². The van der Waals surface area contributed by atoms with Crippen LogP contribution in [-0.4, -0.2) is 38.4 Å². The molecule has 1 atom stereocenters. The van der Waals surface area contributed by atoms with Crippen LogP contribution in [0, 0.1) is 0 Å². The lowest BCUT2D eigenvalue weighted by molar-refractivity contribution is 0.0586. The number of piperidine rings is 1. The van der Waals surface area contributed by atoms with Gasteiger partial charge in [-0.1, -0.05) is 17.2 Å². The highest BCUT2D eigenvalue weighted by atomic mass is 32.2. The number of hydrogen-bond donors (Lipinski definition) is 0. The van der Waals surface area contributed by atoms with Crippen molar-refractivity contribution in [3.8, 4) is 0 Å². The molecule has 0 aliphatic carbocycles. The predicted molar refractivity (Wildman–Crippen MR) is 80.3 cm³/mol. The van der Waals surface area contributed by atoms with Crippen LogP contribution in [0.25, 0.3) is 0 Å². The maximum absolute atomic E-state index is 12.7. The Morgan fingerprint density at radius 1 is 1.45 bits per heavy atom. The van der Waals surface area contributed by atoms with E-state index in [1.807, 2.05) is 0 Å². The first kappa shape index (κ1) is 15.1. The van der Waals surface area contributed by atoms with Gasteiger partial charge in [0, 0.05) is 12.6 Å². The molecule has 1 saturated heterocycles. The second kappa shape index (κ2) is 6.95. The smallest absolute Gasteiger partial charge is 0.276 e. The van der Waals surface area contributed by atoms with Gasteiger partial charge in [-0.25, -0.2) is 0 Å². The van der Waals surface area contributed by atoms with Gasteiger partial charge in [0.1, 0.15) is 5.76 Å². The predicted octanol–water partition coefficient (Wildman–Crippen LogP) is 2.68. The van der Waals surface area contributed by atoms with Crippen molar-refractivity contribution in [1.29, 1.82) is 0 Å². The molecule has 1 aliphatic heterocycles. The molecule has 2 aromatic rings. The van der Waals surface area contributed by atoms with Gasteiger partial charge in [0.2, 0.25) is 6.39 Å². The zero-order valence-corrected chi connectivity index (χ0v) is 13.2. The summed E-state index contributed by atoms with van der Waals surface area (Å²) in [5, 5.41) is 7.80. The van der Waals surface area contributed by atoms with Gasteiger partial charge in [0.25, 0.3) is 5.91 Å². The lowest BCUT2D eigenvalue weighted by Crippen LogP contribution is -2.39. The first-order valence-electron chi connectivity index (χ1n) is 7.40. The van der Waals surface area contributed by atoms with Crippen molar-refractivity contribution < 1.29 is 13.8 Å². The molecule has 3 rings (SSSR count). The average molecular weight is 322 g/mol. The zero-order chi connectivity index (χ0) is 15.4. The highest BCUT2D eigenvalue weighted by molar-refractivity contribution is 7.98. The Labute approximate surface area is 132 Å². The van der Waals surface area contributed by atoms with Gasteiger partial charge in [-0.15, -0.1) is 0 Å². The second-order valence-corrected chi connectivity index (χ2v) is 6.39. The van der Waals surface area contributed by atoms with Crippen molar-refractivity contribution >= 4 is 17.7 Å². The highest BCUT2D eigenvalue weighted by Gasteiger charge is 2.32. The molecule has 0 radical (unpaired) electrons. The second-order valence-electron chi connectivity index (χ2n) is 5.12. The molecule has 3 heterocycles. The SMILES string of the molecule is CCSCc1cc(C(=O)N2CCCC[C@H]2c2ncon2)no1. The van der Waals surface area contributed by atoms with E-state index in [1.54, 1.807) is 22.7 Å². The number of carbonyl (C=O) groups excluding carboxylic acids is 1. The van der Waals surface area contributed by atoms with Gasteiger partial charge < -0.3 is 13.9 Å². The van der Waals surface area contributed by atoms with Crippen LogP contribution in [-0.2, 0) is 5.75 Å². The van der Waals surface area contributed by atoms with Gasteiger partial charge in [0.15, 0.2) is 11.5 Å². The molecule has 0 spiro atoms. The van der Waals surface area contributed by atoms with E-state index in [2.05, 4.69) is 22.2 Å². The molecule has 22 heavy (non-hydrogen) atoms. The van der Waals surface area contributed by atoms with Crippen LogP contribution in [0.3, 0.4) is 0 Å². The summed E-state index contributed by atoms with van der Waals surface area (Å²) in [7, 11) is 0. The summed E-state index contributed by atoms with van der Waals surface area (Å²) in [4.78, 5) is 18.6. The first-order valence-corrected chi connectivity index (χ1v) is 8.55. The number of hydrogen-bond acceptors (Lipinski definition) is 7. The summed E-state index contributed by atoms with van der Waals surface area (Å²) in [5.74, 6) is 2.87. The summed E-state index contributed by atoms with van der Waals surface area (Å²) >= 11 is 1.73.